The SMILES string of the molecule is CCCNC(C)CC(C)(C)c1ccnn1CCC. The lowest BCUT2D eigenvalue weighted by Gasteiger charge is -2.29. The number of nitrogens with one attached hydrogen (secondary N) is 1. The van der Waals surface area contributed by atoms with E-state index < -0.39 is 0 Å². The third-order valence-electron chi connectivity index (χ3n) is 3.40. The van der Waals surface area contributed by atoms with E-state index in [1.165, 1.54) is 12.1 Å². The number of aromatic nitrogens is 2. The molecule has 0 aliphatic heterocycles. The summed E-state index contributed by atoms with van der Waals surface area (Å²) >= 11 is 0. The normalized spacial score (nSPS) is 13.8. The Hall–Kier alpha value is -0.830. The number of rotatable bonds is 8. The third-order valence-corrected chi connectivity index (χ3v) is 3.40. The highest BCUT2D eigenvalue weighted by Gasteiger charge is 2.26. The second-order valence-electron chi connectivity index (χ2n) is 5.88. The standard InChI is InChI=1S/C15H29N3/c1-6-9-16-13(3)12-15(4,5)14-8-10-17-18(14)11-7-2/h8,10,13,16H,6-7,9,11-12H2,1-5H3. The van der Waals surface area contributed by atoms with Crippen molar-refractivity contribution in [2.75, 3.05) is 6.54 Å². The van der Waals surface area contributed by atoms with Gasteiger partial charge in [-0.15, -0.1) is 0 Å². The summed E-state index contributed by atoms with van der Waals surface area (Å²) in [5, 5.41) is 8.01. The minimum Gasteiger partial charge on any atom is -0.314 e. The lowest BCUT2D eigenvalue weighted by molar-refractivity contribution is 0.362. The van der Waals surface area contributed by atoms with Crippen LogP contribution in [0.15, 0.2) is 12.3 Å². The van der Waals surface area contributed by atoms with Crippen LogP contribution in [0, 0.1) is 0 Å². The van der Waals surface area contributed by atoms with Crippen molar-refractivity contribution < 1.29 is 0 Å². The first-order chi connectivity index (χ1) is 8.51. The van der Waals surface area contributed by atoms with E-state index >= 15 is 0 Å². The molecule has 0 radical (unpaired) electrons. The highest BCUT2D eigenvalue weighted by atomic mass is 15.3. The van der Waals surface area contributed by atoms with E-state index in [4.69, 9.17) is 0 Å². The first-order valence-corrected chi connectivity index (χ1v) is 7.27. The molecule has 3 nitrogen and oxygen atoms in total. The molecule has 1 rings (SSSR count). The van der Waals surface area contributed by atoms with E-state index in [-0.39, 0.29) is 5.41 Å². The second kappa shape index (κ2) is 6.93. The molecular weight excluding hydrogens is 222 g/mol. The van der Waals surface area contributed by atoms with Gasteiger partial charge in [0.1, 0.15) is 0 Å². The smallest absolute Gasteiger partial charge is 0.0492 e. The van der Waals surface area contributed by atoms with E-state index in [1.807, 2.05) is 6.20 Å². The van der Waals surface area contributed by atoms with Crippen LogP contribution in [0.4, 0.5) is 0 Å². The molecule has 1 unspecified atom stereocenters. The molecule has 1 aromatic rings. The molecule has 0 aliphatic carbocycles. The van der Waals surface area contributed by atoms with Crippen molar-refractivity contribution in [3.63, 3.8) is 0 Å². The van der Waals surface area contributed by atoms with E-state index in [0.29, 0.717) is 6.04 Å². The van der Waals surface area contributed by atoms with Gasteiger partial charge in [-0.25, -0.2) is 0 Å². The maximum atomic E-state index is 4.44. The lowest BCUT2D eigenvalue weighted by Crippen LogP contribution is -2.35. The summed E-state index contributed by atoms with van der Waals surface area (Å²) in [5.74, 6) is 0. The quantitative estimate of drug-likeness (QED) is 0.768. The lowest BCUT2D eigenvalue weighted by atomic mass is 9.82. The molecule has 0 spiro atoms. The largest absolute Gasteiger partial charge is 0.314 e. The van der Waals surface area contributed by atoms with Crippen LogP contribution in [0.25, 0.3) is 0 Å². The maximum absolute atomic E-state index is 4.44. The number of hydrogen-bond donors (Lipinski definition) is 1. The number of aryl methyl sites for hydroxylation is 1. The fourth-order valence-electron chi connectivity index (χ4n) is 2.63. The fourth-order valence-corrected chi connectivity index (χ4v) is 2.63. The van der Waals surface area contributed by atoms with Gasteiger partial charge in [-0.3, -0.25) is 4.68 Å². The first-order valence-electron chi connectivity index (χ1n) is 7.27. The molecule has 0 aromatic carbocycles. The minimum absolute atomic E-state index is 0.172. The van der Waals surface area contributed by atoms with Gasteiger partial charge in [-0.2, -0.15) is 5.10 Å². The first kappa shape index (κ1) is 15.2. The summed E-state index contributed by atoms with van der Waals surface area (Å²) in [6.45, 7) is 13.4. The Morgan fingerprint density at radius 3 is 2.67 bits per heavy atom. The molecule has 0 amide bonds. The van der Waals surface area contributed by atoms with Crippen LogP contribution in [0.1, 0.15) is 59.6 Å². The molecule has 0 bridgehead atoms. The van der Waals surface area contributed by atoms with Gasteiger partial charge in [0.25, 0.3) is 0 Å². The van der Waals surface area contributed by atoms with Crippen LogP contribution < -0.4 is 5.32 Å². The molecule has 1 heterocycles. The van der Waals surface area contributed by atoms with Crippen LogP contribution in [0.5, 0.6) is 0 Å². The third kappa shape index (κ3) is 4.13. The van der Waals surface area contributed by atoms with E-state index in [1.54, 1.807) is 0 Å². The summed E-state index contributed by atoms with van der Waals surface area (Å²) in [6.07, 6.45) is 5.40. The van der Waals surface area contributed by atoms with Crippen molar-refractivity contribution in [3.05, 3.63) is 18.0 Å². The summed E-state index contributed by atoms with van der Waals surface area (Å²) in [6, 6.07) is 2.72. The predicted octanol–water partition coefficient (Wildman–Crippen LogP) is 3.35. The Labute approximate surface area is 112 Å². The summed E-state index contributed by atoms with van der Waals surface area (Å²) in [4.78, 5) is 0. The Bertz CT molecular complexity index is 341. The van der Waals surface area contributed by atoms with Crippen LogP contribution in [-0.4, -0.2) is 22.4 Å². The van der Waals surface area contributed by atoms with Crippen LogP contribution >= 0.6 is 0 Å². The Morgan fingerprint density at radius 1 is 1.33 bits per heavy atom. The molecule has 104 valence electrons. The van der Waals surface area contributed by atoms with Gasteiger partial charge in [0.05, 0.1) is 0 Å². The Kier molecular flexibility index (Phi) is 5.86. The van der Waals surface area contributed by atoms with E-state index in [2.05, 4.69) is 55.8 Å². The molecule has 1 aromatic heterocycles. The van der Waals surface area contributed by atoms with Gasteiger partial charge in [0, 0.05) is 29.9 Å². The Morgan fingerprint density at radius 2 is 2.06 bits per heavy atom. The zero-order valence-corrected chi connectivity index (χ0v) is 12.7. The average Bonchev–Trinajstić information content (AvgIpc) is 2.75. The monoisotopic (exact) mass is 251 g/mol. The van der Waals surface area contributed by atoms with Gasteiger partial charge in [-0.05, 0) is 38.8 Å². The van der Waals surface area contributed by atoms with Gasteiger partial charge < -0.3 is 5.32 Å². The van der Waals surface area contributed by atoms with Crippen molar-refractivity contribution in [1.82, 2.24) is 15.1 Å². The van der Waals surface area contributed by atoms with Gasteiger partial charge in [-0.1, -0.05) is 27.7 Å². The van der Waals surface area contributed by atoms with E-state index in [9.17, 15) is 0 Å². The summed E-state index contributed by atoms with van der Waals surface area (Å²) < 4.78 is 2.16. The van der Waals surface area contributed by atoms with Crippen LogP contribution in [-0.2, 0) is 12.0 Å². The van der Waals surface area contributed by atoms with Gasteiger partial charge >= 0.3 is 0 Å². The number of nitrogens with zero attached hydrogens (tertiary/aromatic N) is 2. The van der Waals surface area contributed by atoms with E-state index in [0.717, 1.165) is 25.9 Å². The second-order valence-corrected chi connectivity index (χ2v) is 5.88. The average molecular weight is 251 g/mol. The fraction of sp³-hybridized carbons (Fsp3) is 0.800. The summed E-state index contributed by atoms with van der Waals surface area (Å²) in [5.41, 5.74) is 1.53. The minimum atomic E-state index is 0.172. The van der Waals surface area contributed by atoms with Gasteiger partial charge in [0.15, 0.2) is 0 Å². The topological polar surface area (TPSA) is 29.9 Å². The van der Waals surface area contributed by atoms with Crippen LogP contribution in [0.2, 0.25) is 0 Å². The van der Waals surface area contributed by atoms with Crippen molar-refractivity contribution in [2.24, 2.45) is 0 Å². The molecule has 0 aliphatic rings. The van der Waals surface area contributed by atoms with Gasteiger partial charge in [0.2, 0.25) is 0 Å². The molecule has 0 saturated heterocycles. The predicted molar refractivity (Wildman–Crippen MR) is 77.9 cm³/mol. The molecule has 1 atom stereocenters. The molecule has 1 N–H and O–H groups in total. The van der Waals surface area contributed by atoms with Crippen molar-refractivity contribution in [2.45, 2.75) is 71.9 Å². The molecule has 0 fully saturated rings. The zero-order chi connectivity index (χ0) is 13.6. The molecular formula is C15H29N3. The summed E-state index contributed by atoms with van der Waals surface area (Å²) in [7, 11) is 0. The van der Waals surface area contributed by atoms with Crippen molar-refractivity contribution in [1.29, 1.82) is 0 Å². The molecule has 3 heteroatoms. The van der Waals surface area contributed by atoms with Crippen molar-refractivity contribution in [3.8, 4) is 0 Å². The highest BCUT2D eigenvalue weighted by Crippen LogP contribution is 2.28. The van der Waals surface area contributed by atoms with Crippen molar-refractivity contribution >= 4 is 0 Å². The molecule has 18 heavy (non-hydrogen) atoms. The highest BCUT2D eigenvalue weighted by molar-refractivity contribution is 5.14. The number of hydrogen-bond acceptors (Lipinski definition) is 2. The Balaban J connectivity index is 2.69. The zero-order valence-electron chi connectivity index (χ0n) is 12.7. The molecule has 0 saturated carbocycles. The maximum Gasteiger partial charge on any atom is 0.0492 e. The van der Waals surface area contributed by atoms with Crippen LogP contribution in [0.3, 0.4) is 0 Å².